The maximum atomic E-state index is 12.2. The van der Waals surface area contributed by atoms with Gasteiger partial charge in [0.2, 0.25) is 5.82 Å². The predicted molar refractivity (Wildman–Crippen MR) is 86.4 cm³/mol. The highest BCUT2D eigenvalue weighted by Crippen LogP contribution is 2.38. The fourth-order valence-corrected chi connectivity index (χ4v) is 3.62. The van der Waals surface area contributed by atoms with Crippen molar-refractivity contribution in [3.63, 3.8) is 0 Å². The highest BCUT2D eigenvalue weighted by molar-refractivity contribution is 7.90. The molecule has 24 heavy (non-hydrogen) atoms. The van der Waals surface area contributed by atoms with E-state index in [1.54, 1.807) is 6.07 Å². The van der Waals surface area contributed by atoms with Crippen LogP contribution in [0.25, 0.3) is 22.5 Å². The minimum Gasteiger partial charge on any atom is -0.224 e. The minimum absolute atomic E-state index is 0.156. The van der Waals surface area contributed by atoms with E-state index < -0.39 is 9.84 Å². The number of hydrogen-bond acceptors (Lipinski definition) is 7. The van der Waals surface area contributed by atoms with Crippen LogP contribution in [-0.2, 0) is 16.4 Å². The monoisotopic (exact) mass is 340 g/mol. The van der Waals surface area contributed by atoms with Crippen molar-refractivity contribution in [2.24, 2.45) is 10.2 Å². The summed E-state index contributed by atoms with van der Waals surface area (Å²) in [6.45, 7) is 0.566. The van der Waals surface area contributed by atoms with Gasteiger partial charge in [-0.15, -0.1) is 10.2 Å². The van der Waals surface area contributed by atoms with Gasteiger partial charge in [-0.2, -0.15) is 15.4 Å². The lowest BCUT2D eigenvalue weighted by atomic mass is 9.97. The van der Waals surface area contributed by atoms with E-state index in [0.29, 0.717) is 17.7 Å². The Bertz CT molecular complexity index is 1060. The maximum absolute atomic E-state index is 12.2. The fourth-order valence-electron chi connectivity index (χ4n) is 2.72. The first kappa shape index (κ1) is 14.6. The van der Waals surface area contributed by atoms with Gasteiger partial charge in [-0.25, -0.2) is 8.42 Å². The fraction of sp³-hybridized carbons (Fsp3) is 0.133. The number of fused-ring (bicyclic) bond motifs is 1. The number of hydrogen-bond donors (Lipinski definition) is 1. The molecule has 0 aliphatic carbocycles. The molecule has 0 fully saturated rings. The van der Waals surface area contributed by atoms with Crippen LogP contribution in [-0.4, -0.2) is 35.3 Å². The molecule has 9 heteroatoms. The van der Waals surface area contributed by atoms with E-state index >= 15 is 0 Å². The SMILES string of the molecule is CS(=O)(=O)c1cccc(-c2ccc3c(c2)N=NC3)c1-c1nn[nH]n1. The first-order valence-electron chi connectivity index (χ1n) is 7.12. The highest BCUT2D eigenvalue weighted by atomic mass is 32.2. The van der Waals surface area contributed by atoms with Gasteiger partial charge in [-0.1, -0.05) is 24.3 Å². The third-order valence-corrected chi connectivity index (χ3v) is 4.95. The lowest BCUT2D eigenvalue weighted by Gasteiger charge is -2.12. The van der Waals surface area contributed by atoms with Crippen LogP contribution in [0.5, 0.6) is 0 Å². The lowest BCUT2D eigenvalue weighted by Crippen LogP contribution is -2.02. The zero-order valence-corrected chi connectivity index (χ0v) is 13.4. The van der Waals surface area contributed by atoms with Crippen molar-refractivity contribution in [3.8, 4) is 22.5 Å². The molecule has 1 N–H and O–H groups in total. The molecule has 0 bridgehead atoms. The molecular weight excluding hydrogens is 328 g/mol. The Morgan fingerprint density at radius 2 is 2.04 bits per heavy atom. The van der Waals surface area contributed by atoms with E-state index in [2.05, 4.69) is 30.9 Å². The molecule has 4 rings (SSSR count). The summed E-state index contributed by atoms with van der Waals surface area (Å²) in [5, 5.41) is 22.0. The van der Waals surface area contributed by atoms with Crippen LogP contribution >= 0.6 is 0 Å². The van der Waals surface area contributed by atoms with Gasteiger partial charge in [0.15, 0.2) is 9.84 Å². The molecule has 120 valence electrons. The van der Waals surface area contributed by atoms with Crippen molar-refractivity contribution in [1.29, 1.82) is 0 Å². The average Bonchev–Trinajstić information content (AvgIpc) is 3.24. The van der Waals surface area contributed by atoms with Crippen molar-refractivity contribution in [2.45, 2.75) is 11.4 Å². The molecule has 1 aliphatic heterocycles. The molecule has 3 aromatic rings. The van der Waals surface area contributed by atoms with Crippen molar-refractivity contribution in [1.82, 2.24) is 20.6 Å². The Balaban J connectivity index is 2.01. The summed E-state index contributed by atoms with van der Waals surface area (Å²) in [4.78, 5) is 0.156. The van der Waals surface area contributed by atoms with Crippen LogP contribution in [0.2, 0.25) is 0 Å². The van der Waals surface area contributed by atoms with Crippen LogP contribution in [0.3, 0.4) is 0 Å². The van der Waals surface area contributed by atoms with Crippen LogP contribution < -0.4 is 0 Å². The second-order valence-corrected chi connectivity index (χ2v) is 7.41. The van der Waals surface area contributed by atoms with E-state index in [0.717, 1.165) is 23.1 Å². The molecule has 0 saturated carbocycles. The first-order valence-corrected chi connectivity index (χ1v) is 9.01. The summed E-state index contributed by atoms with van der Waals surface area (Å²) in [6.07, 6.45) is 1.16. The Labute approximate surface area is 137 Å². The topological polar surface area (TPSA) is 113 Å². The third-order valence-electron chi connectivity index (χ3n) is 3.81. The Hall–Kier alpha value is -2.94. The number of aromatic nitrogens is 4. The van der Waals surface area contributed by atoms with Gasteiger partial charge in [0.25, 0.3) is 0 Å². The van der Waals surface area contributed by atoms with Crippen molar-refractivity contribution in [2.75, 3.05) is 6.26 Å². The van der Waals surface area contributed by atoms with Crippen molar-refractivity contribution in [3.05, 3.63) is 42.0 Å². The summed E-state index contributed by atoms with van der Waals surface area (Å²) < 4.78 is 24.4. The molecule has 2 aromatic carbocycles. The van der Waals surface area contributed by atoms with Crippen molar-refractivity contribution < 1.29 is 8.42 Å². The number of azo groups is 1. The maximum Gasteiger partial charge on any atom is 0.206 e. The quantitative estimate of drug-likeness (QED) is 0.787. The average molecular weight is 340 g/mol. The summed E-state index contributed by atoms with van der Waals surface area (Å²) in [5.41, 5.74) is 3.77. The predicted octanol–water partition coefficient (Wildman–Crippen LogP) is 2.53. The molecular formula is C15H12N6O2S. The highest BCUT2D eigenvalue weighted by Gasteiger charge is 2.22. The summed E-state index contributed by atoms with van der Waals surface area (Å²) in [6, 6.07) is 10.8. The summed E-state index contributed by atoms with van der Waals surface area (Å²) in [5.74, 6) is 0.230. The van der Waals surface area contributed by atoms with Crippen LogP contribution in [0.1, 0.15) is 5.56 Å². The smallest absolute Gasteiger partial charge is 0.206 e. The number of nitrogens with one attached hydrogen (secondary N) is 1. The number of tetrazole rings is 1. The molecule has 0 radical (unpaired) electrons. The second kappa shape index (κ2) is 5.31. The lowest BCUT2D eigenvalue weighted by molar-refractivity contribution is 0.602. The van der Waals surface area contributed by atoms with Crippen LogP contribution in [0, 0.1) is 0 Å². The van der Waals surface area contributed by atoms with Gasteiger partial charge < -0.3 is 0 Å². The number of nitrogens with zero attached hydrogens (tertiary/aromatic N) is 5. The Kier molecular flexibility index (Phi) is 3.24. The minimum atomic E-state index is -3.47. The van der Waals surface area contributed by atoms with Crippen LogP contribution in [0.4, 0.5) is 5.69 Å². The van der Waals surface area contributed by atoms with Gasteiger partial charge in [0, 0.05) is 17.4 Å². The van der Waals surface area contributed by atoms with E-state index in [9.17, 15) is 8.42 Å². The molecule has 0 amide bonds. The Morgan fingerprint density at radius 1 is 1.17 bits per heavy atom. The van der Waals surface area contributed by atoms with E-state index in [1.807, 2.05) is 24.3 Å². The molecule has 1 aromatic heterocycles. The summed E-state index contributed by atoms with van der Waals surface area (Å²) >= 11 is 0. The number of sulfone groups is 1. The molecule has 0 spiro atoms. The van der Waals surface area contributed by atoms with Gasteiger partial charge in [-0.3, -0.25) is 0 Å². The Morgan fingerprint density at radius 3 is 2.79 bits per heavy atom. The van der Waals surface area contributed by atoms with E-state index in [4.69, 9.17) is 0 Å². The van der Waals surface area contributed by atoms with Gasteiger partial charge >= 0.3 is 0 Å². The standard InChI is InChI=1S/C15H12N6O2S/c1-24(22,23)13-4-2-3-11(14(13)15-18-20-21-19-15)9-5-6-10-8-16-17-12(10)7-9/h2-7H,8H2,1H3,(H,18,19,20,21). The molecule has 0 unspecified atom stereocenters. The number of aromatic amines is 1. The molecule has 0 atom stereocenters. The number of H-pyrrole nitrogens is 1. The van der Waals surface area contributed by atoms with Crippen molar-refractivity contribution >= 4 is 15.5 Å². The zero-order chi connectivity index (χ0) is 16.7. The van der Waals surface area contributed by atoms with Gasteiger partial charge in [-0.05, 0) is 28.5 Å². The first-order chi connectivity index (χ1) is 11.5. The zero-order valence-electron chi connectivity index (χ0n) is 12.6. The normalized spacial score (nSPS) is 13.2. The summed E-state index contributed by atoms with van der Waals surface area (Å²) in [7, 11) is -3.47. The van der Waals surface area contributed by atoms with Gasteiger partial charge in [0.1, 0.15) is 0 Å². The third kappa shape index (κ3) is 2.38. The van der Waals surface area contributed by atoms with E-state index in [-0.39, 0.29) is 10.7 Å². The molecule has 8 nitrogen and oxygen atoms in total. The largest absolute Gasteiger partial charge is 0.224 e. The molecule has 2 heterocycles. The second-order valence-electron chi connectivity index (χ2n) is 5.43. The number of benzene rings is 2. The van der Waals surface area contributed by atoms with E-state index in [1.165, 1.54) is 6.07 Å². The number of rotatable bonds is 3. The molecule has 0 saturated heterocycles. The molecule has 1 aliphatic rings. The van der Waals surface area contributed by atoms with Crippen LogP contribution in [0.15, 0.2) is 51.5 Å². The van der Waals surface area contributed by atoms with Gasteiger partial charge in [0.05, 0.1) is 17.1 Å².